The maximum Gasteiger partial charge on any atom is 0.488 e. The average Bonchev–Trinajstić information content (AvgIpc) is 2.40. The summed E-state index contributed by atoms with van der Waals surface area (Å²) in [5.41, 5.74) is 3.21. The molecule has 0 aliphatic heterocycles. The number of hydrogen-bond acceptors (Lipinski definition) is 3. The van der Waals surface area contributed by atoms with Crippen LogP contribution in [0.2, 0.25) is 0 Å². The second kappa shape index (κ2) is 5.07. The molecule has 0 bridgehead atoms. The summed E-state index contributed by atoms with van der Waals surface area (Å²) in [7, 11) is -1.45. The van der Waals surface area contributed by atoms with E-state index in [0.717, 1.165) is 6.42 Å². The molecule has 0 radical (unpaired) electrons. The average molecular weight is 254 g/mol. The standard InChI is InChI=1S/C15H15BO3/c17-16(18)13-5-3-6-14(9-13)19-10-12-8-11-4-1-2-7-15(11)12/h1-7,9,12,17-18H,8,10H2. The normalized spacial score (nSPS) is 16.4. The third kappa shape index (κ3) is 2.50. The molecule has 0 heterocycles. The molecule has 0 saturated carbocycles. The quantitative estimate of drug-likeness (QED) is 0.803. The summed E-state index contributed by atoms with van der Waals surface area (Å²) in [6.07, 6.45) is 1.05. The minimum Gasteiger partial charge on any atom is -0.493 e. The van der Waals surface area contributed by atoms with Gasteiger partial charge in [0.1, 0.15) is 5.75 Å². The third-order valence-corrected chi connectivity index (χ3v) is 3.57. The minimum atomic E-state index is -1.45. The number of fused-ring (bicyclic) bond motifs is 1. The van der Waals surface area contributed by atoms with Gasteiger partial charge in [0.05, 0.1) is 6.61 Å². The molecule has 0 amide bonds. The van der Waals surface area contributed by atoms with Crippen LogP contribution in [0.25, 0.3) is 0 Å². The zero-order valence-electron chi connectivity index (χ0n) is 10.5. The van der Waals surface area contributed by atoms with Crippen molar-refractivity contribution in [3.63, 3.8) is 0 Å². The van der Waals surface area contributed by atoms with Crippen LogP contribution < -0.4 is 10.2 Å². The van der Waals surface area contributed by atoms with Gasteiger partial charge in [-0.25, -0.2) is 0 Å². The molecule has 0 aromatic heterocycles. The lowest BCUT2D eigenvalue weighted by molar-refractivity contribution is 0.275. The van der Waals surface area contributed by atoms with Gasteiger partial charge in [0, 0.05) is 5.92 Å². The summed E-state index contributed by atoms with van der Waals surface area (Å²) in [5, 5.41) is 18.2. The van der Waals surface area contributed by atoms with Crippen LogP contribution in [-0.2, 0) is 6.42 Å². The van der Waals surface area contributed by atoms with E-state index in [-0.39, 0.29) is 0 Å². The largest absolute Gasteiger partial charge is 0.493 e. The van der Waals surface area contributed by atoms with Gasteiger partial charge in [0.2, 0.25) is 0 Å². The van der Waals surface area contributed by atoms with Crippen LogP contribution in [0.3, 0.4) is 0 Å². The van der Waals surface area contributed by atoms with Crippen LogP contribution in [0, 0.1) is 0 Å². The smallest absolute Gasteiger partial charge is 0.488 e. The Morgan fingerprint density at radius 2 is 1.95 bits per heavy atom. The summed E-state index contributed by atoms with van der Waals surface area (Å²) in [6, 6.07) is 15.3. The summed E-state index contributed by atoms with van der Waals surface area (Å²) in [5.74, 6) is 1.12. The third-order valence-electron chi connectivity index (χ3n) is 3.57. The summed E-state index contributed by atoms with van der Waals surface area (Å²) in [6.45, 7) is 0.627. The molecule has 96 valence electrons. The Labute approximate surface area is 112 Å². The van der Waals surface area contributed by atoms with Crippen LogP contribution in [0.4, 0.5) is 0 Å². The molecule has 1 aliphatic carbocycles. The number of rotatable bonds is 4. The van der Waals surface area contributed by atoms with E-state index in [4.69, 9.17) is 14.8 Å². The molecule has 2 aromatic carbocycles. The topological polar surface area (TPSA) is 49.7 Å². The maximum absolute atomic E-state index is 9.11. The van der Waals surface area contributed by atoms with Gasteiger partial charge < -0.3 is 14.8 Å². The minimum absolute atomic E-state index is 0.443. The van der Waals surface area contributed by atoms with Gasteiger partial charge in [-0.05, 0) is 35.1 Å². The van der Waals surface area contributed by atoms with Crippen molar-refractivity contribution in [1.29, 1.82) is 0 Å². The Hall–Kier alpha value is -1.78. The molecule has 0 spiro atoms. The van der Waals surface area contributed by atoms with E-state index in [1.165, 1.54) is 11.1 Å². The first kappa shape index (κ1) is 12.3. The van der Waals surface area contributed by atoms with E-state index >= 15 is 0 Å². The van der Waals surface area contributed by atoms with E-state index in [1.807, 2.05) is 12.1 Å². The Kier molecular flexibility index (Phi) is 3.28. The first-order chi connectivity index (χ1) is 9.24. The van der Waals surface area contributed by atoms with Crippen molar-refractivity contribution in [3.05, 3.63) is 59.7 Å². The first-order valence-corrected chi connectivity index (χ1v) is 6.41. The van der Waals surface area contributed by atoms with E-state index in [2.05, 4.69) is 18.2 Å². The maximum atomic E-state index is 9.11. The lowest BCUT2D eigenvalue weighted by Gasteiger charge is -2.29. The van der Waals surface area contributed by atoms with Gasteiger partial charge in [0.25, 0.3) is 0 Å². The predicted octanol–water partition coefficient (Wildman–Crippen LogP) is 1.09. The van der Waals surface area contributed by atoms with Crippen molar-refractivity contribution < 1.29 is 14.8 Å². The van der Waals surface area contributed by atoms with E-state index < -0.39 is 7.12 Å². The van der Waals surface area contributed by atoms with Crippen molar-refractivity contribution >= 4 is 12.6 Å². The molecule has 19 heavy (non-hydrogen) atoms. The Bertz CT molecular complexity index is 583. The van der Waals surface area contributed by atoms with Crippen molar-refractivity contribution in [1.82, 2.24) is 0 Å². The molecule has 3 nitrogen and oxygen atoms in total. The number of ether oxygens (including phenoxy) is 1. The lowest BCUT2D eigenvalue weighted by atomic mass is 9.78. The van der Waals surface area contributed by atoms with Gasteiger partial charge in [-0.2, -0.15) is 0 Å². The van der Waals surface area contributed by atoms with Gasteiger partial charge in [-0.3, -0.25) is 0 Å². The van der Waals surface area contributed by atoms with Gasteiger partial charge in [-0.15, -0.1) is 0 Å². The molecular weight excluding hydrogens is 239 g/mol. The number of benzene rings is 2. The monoisotopic (exact) mass is 254 g/mol. The van der Waals surface area contributed by atoms with Crippen LogP contribution in [0.1, 0.15) is 17.0 Å². The molecule has 0 fully saturated rings. The molecule has 3 rings (SSSR count). The lowest BCUT2D eigenvalue weighted by Crippen LogP contribution is -2.29. The van der Waals surface area contributed by atoms with Crippen molar-refractivity contribution in [2.24, 2.45) is 0 Å². The molecule has 1 atom stereocenters. The molecule has 4 heteroatoms. The highest BCUT2D eigenvalue weighted by Crippen LogP contribution is 2.34. The molecule has 1 aliphatic rings. The summed E-state index contributed by atoms with van der Waals surface area (Å²) < 4.78 is 5.74. The SMILES string of the molecule is OB(O)c1cccc(OCC2Cc3ccccc32)c1. The van der Waals surface area contributed by atoms with Gasteiger partial charge >= 0.3 is 7.12 Å². The molecule has 1 unspecified atom stereocenters. The Morgan fingerprint density at radius 1 is 1.11 bits per heavy atom. The fourth-order valence-electron chi connectivity index (χ4n) is 2.47. The summed E-state index contributed by atoms with van der Waals surface area (Å²) in [4.78, 5) is 0. The highest BCUT2D eigenvalue weighted by atomic mass is 16.5. The first-order valence-electron chi connectivity index (χ1n) is 6.41. The summed E-state index contributed by atoms with van der Waals surface area (Å²) >= 11 is 0. The van der Waals surface area contributed by atoms with E-state index in [9.17, 15) is 0 Å². The fourth-order valence-corrected chi connectivity index (χ4v) is 2.47. The van der Waals surface area contributed by atoms with Gasteiger partial charge in [0.15, 0.2) is 0 Å². The molecular formula is C15H15BO3. The molecule has 2 aromatic rings. The Morgan fingerprint density at radius 3 is 2.74 bits per heavy atom. The van der Waals surface area contributed by atoms with Crippen molar-refractivity contribution in [2.45, 2.75) is 12.3 Å². The zero-order valence-corrected chi connectivity index (χ0v) is 10.5. The van der Waals surface area contributed by atoms with E-state index in [0.29, 0.717) is 23.7 Å². The Balaban J connectivity index is 1.63. The second-order valence-electron chi connectivity index (χ2n) is 4.86. The number of hydrogen-bond donors (Lipinski definition) is 2. The highest BCUT2D eigenvalue weighted by molar-refractivity contribution is 6.58. The highest BCUT2D eigenvalue weighted by Gasteiger charge is 2.25. The van der Waals surface area contributed by atoms with Crippen molar-refractivity contribution in [2.75, 3.05) is 6.61 Å². The van der Waals surface area contributed by atoms with Crippen LogP contribution in [0.15, 0.2) is 48.5 Å². The van der Waals surface area contributed by atoms with Gasteiger partial charge in [-0.1, -0.05) is 36.4 Å². The van der Waals surface area contributed by atoms with Crippen LogP contribution in [0.5, 0.6) is 5.75 Å². The zero-order chi connectivity index (χ0) is 13.2. The second-order valence-corrected chi connectivity index (χ2v) is 4.86. The van der Waals surface area contributed by atoms with Crippen LogP contribution >= 0.6 is 0 Å². The fraction of sp³-hybridized carbons (Fsp3) is 0.200. The molecule has 2 N–H and O–H groups in total. The van der Waals surface area contributed by atoms with Crippen LogP contribution in [-0.4, -0.2) is 23.8 Å². The molecule has 0 saturated heterocycles. The van der Waals surface area contributed by atoms with E-state index in [1.54, 1.807) is 18.2 Å². The van der Waals surface area contributed by atoms with Crippen molar-refractivity contribution in [3.8, 4) is 5.75 Å². The predicted molar refractivity (Wildman–Crippen MR) is 74.6 cm³/mol.